The Morgan fingerprint density at radius 1 is 1.10 bits per heavy atom. The molecule has 1 aromatic heterocycles. The van der Waals surface area contributed by atoms with Crippen LogP contribution in [0.5, 0.6) is 0 Å². The fourth-order valence-electron chi connectivity index (χ4n) is 6.22. The lowest BCUT2D eigenvalue weighted by Crippen LogP contribution is -2.54. The van der Waals surface area contributed by atoms with Gasteiger partial charge in [-0.25, -0.2) is 9.97 Å². The summed E-state index contributed by atoms with van der Waals surface area (Å²) >= 11 is 0. The molecule has 218 valence electrons. The van der Waals surface area contributed by atoms with Gasteiger partial charge in [-0.05, 0) is 64.9 Å². The van der Waals surface area contributed by atoms with Crippen molar-refractivity contribution in [1.82, 2.24) is 20.2 Å². The first-order valence-electron chi connectivity index (χ1n) is 14.9. The molecule has 9 nitrogen and oxygen atoms in total. The van der Waals surface area contributed by atoms with E-state index in [1.165, 1.54) is 11.1 Å². The number of anilines is 1. The molecule has 4 atom stereocenters. The minimum atomic E-state index is -0.0150. The number of carbonyl (C=O) groups is 1. The van der Waals surface area contributed by atoms with E-state index < -0.39 is 0 Å². The Bertz CT molecular complexity index is 1150. The Morgan fingerprint density at radius 3 is 2.70 bits per heavy atom. The Morgan fingerprint density at radius 2 is 1.93 bits per heavy atom. The highest BCUT2D eigenvalue weighted by Crippen LogP contribution is 2.32. The third-order valence-corrected chi connectivity index (χ3v) is 8.56. The number of carbonyl (C=O) groups excluding carboxylic acids is 1. The van der Waals surface area contributed by atoms with Crippen molar-refractivity contribution in [2.45, 2.75) is 89.7 Å². The molecule has 0 saturated carbocycles. The molecule has 1 amide bonds. The van der Waals surface area contributed by atoms with Crippen molar-refractivity contribution in [3.8, 4) is 0 Å². The second-order valence-electron chi connectivity index (χ2n) is 11.5. The van der Waals surface area contributed by atoms with Crippen molar-refractivity contribution >= 4 is 11.7 Å². The zero-order valence-corrected chi connectivity index (χ0v) is 24.4. The maximum atomic E-state index is 13.6. The molecule has 4 heterocycles. The van der Waals surface area contributed by atoms with Gasteiger partial charge in [-0.1, -0.05) is 29.8 Å². The molecule has 2 N–H and O–H groups in total. The van der Waals surface area contributed by atoms with Gasteiger partial charge in [0.25, 0.3) is 5.91 Å². The van der Waals surface area contributed by atoms with Gasteiger partial charge in [0.15, 0.2) is 0 Å². The first-order valence-corrected chi connectivity index (χ1v) is 14.9. The third kappa shape index (κ3) is 7.00. The van der Waals surface area contributed by atoms with Gasteiger partial charge < -0.3 is 29.7 Å². The van der Waals surface area contributed by atoms with Gasteiger partial charge in [-0.3, -0.25) is 4.79 Å². The number of piperidine rings is 1. The molecule has 3 saturated heterocycles. The van der Waals surface area contributed by atoms with Crippen LogP contribution in [0.2, 0.25) is 0 Å². The fourth-order valence-corrected chi connectivity index (χ4v) is 6.22. The highest BCUT2D eigenvalue weighted by atomic mass is 16.5. The smallest absolute Gasteiger partial charge is 0.272 e. The Hall–Kier alpha value is -2.59. The van der Waals surface area contributed by atoms with Crippen LogP contribution < -0.4 is 10.6 Å². The summed E-state index contributed by atoms with van der Waals surface area (Å²) in [6.07, 6.45) is 6.24. The van der Waals surface area contributed by atoms with Gasteiger partial charge in [-0.2, -0.15) is 0 Å². The molecule has 1 aromatic carbocycles. The summed E-state index contributed by atoms with van der Waals surface area (Å²) in [7, 11) is 1.74. The average Bonchev–Trinajstić information content (AvgIpc) is 2.98. The summed E-state index contributed by atoms with van der Waals surface area (Å²) in [4.78, 5) is 24.7. The topological polar surface area (TPSA) is 97.8 Å². The molecular weight excluding hydrogens is 506 g/mol. The van der Waals surface area contributed by atoms with Crippen molar-refractivity contribution < 1.29 is 19.0 Å². The number of methoxy groups -OCH3 is 1. The SMILES string of the molecule is CO[C@@H]1COCC[C@@H]1NC1CCN(C(=O)c2nc(C)nc(NCC3CCC[C@@H](c4cccc(C)c4)O3)c2C)CC1. The van der Waals surface area contributed by atoms with Crippen LogP contribution in [0.3, 0.4) is 0 Å². The summed E-state index contributed by atoms with van der Waals surface area (Å²) in [5, 5.41) is 7.25. The molecule has 1 unspecified atom stereocenters. The van der Waals surface area contributed by atoms with E-state index in [1.54, 1.807) is 7.11 Å². The molecule has 0 bridgehead atoms. The van der Waals surface area contributed by atoms with Gasteiger partial charge >= 0.3 is 0 Å². The number of rotatable bonds is 8. The van der Waals surface area contributed by atoms with Crippen LogP contribution in [0.1, 0.15) is 77.6 Å². The molecule has 0 radical (unpaired) electrons. The van der Waals surface area contributed by atoms with Crippen LogP contribution >= 0.6 is 0 Å². The van der Waals surface area contributed by atoms with Crippen LogP contribution in [0.25, 0.3) is 0 Å². The Labute approximate surface area is 238 Å². The van der Waals surface area contributed by atoms with Gasteiger partial charge in [-0.15, -0.1) is 0 Å². The maximum Gasteiger partial charge on any atom is 0.272 e. The minimum Gasteiger partial charge on any atom is -0.379 e. The molecule has 3 fully saturated rings. The van der Waals surface area contributed by atoms with Crippen molar-refractivity contribution in [3.63, 3.8) is 0 Å². The van der Waals surface area contributed by atoms with Gasteiger partial charge in [0.2, 0.25) is 0 Å². The van der Waals surface area contributed by atoms with E-state index in [0.29, 0.717) is 49.8 Å². The largest absolute Gasteiger partial charge is 0.379 e. The number of nitrogens with zero attached hydrogens (tertiary/aromatic N) is 3. The van der Waals surface area contributed by atoms with E-state index >= 15 is 0 Å². The number of amides is 1. The zero-order valence-electron chi connectivity index (χ0n) is 24.4. The number of benzene rings is 1. The van der Waals surface area contributed by atoms with E-state index in [1.807, 2.05) is 18.7 Å². The van der Waals surface area contributed by atoms with Crippen molar-refractivity contribution in [1.29, 1.82) is 0 Å². The van der Waals surface area contributed by atoms with Crippen LogP contribution in [0, 0.1) is 20.8 Å². The number of hydrogen-bond donors (Lipinski definition) is 2. The second-order valence-corrected chi connectivity index (χ2v) is 11.5. The first kappa shape index (κ1) is 28.9. The molecular formula is C31H45N5O4. The first-order chi connectivity index (χ1) is 19.4. The Balaban J connectivity index is 1.17. The predicted octanol–water partition coefficient (Wildman–Crippen LogP) is 4.12. The van der Waals surface area contributed by atoms with Gasteiger partial charge in [0, 0.05) is 51.0 Å². The third-order valence-electron chi connectivity index (χ3n) is 8.56. The predicted molar refractivity (Wildman–Crippen MR) is 155 cm³/mol. The fraction of sp³-hybridized carbons (Fsp3) is 0.645. The van der Waals surface area contributed by atoms with Crippen molar-refractivity contribution in [2.75, 3.05) is 45.3 Å². The Kier molecular flexibility index (Phi) is 9.68. The minimum absolute atomic E-state index is 0.0150. The molecule has 3 aliphatic rings. The monoisotopic (exact) mass is 551 g/mol. The highest BCUT2D eigenvalue weighted by molar-refractivity contribution is 5.94. The molecule has 9 heteroatoms. The lowest BCUT2D eigenvalue weighted by atomic mass is 9.97. The normalized spacial score (nSPS) is 26.1. The number of nitrogens with one attached hydrogen (secondary N) is 2. The summed E-state index contributed by atoms with van der Waals surface area (Å²) < 4.78 is 17.6. The number of aromatic nitrogens is 2. The number of aryl methyl sites for hydroxylation is 2. The summed E-state index contributed by atoms with van der Waals surface area (Å²) in [6.45, 7) is 9.37. The summed E-state index contributed by atoms with van der Waals surface area (Å²) in [5.74, 6) is 1.30. The van der Waals surface area contributed by atoms with Crippen LogP contribution in [-0.4, -0.2) is 85.0 Å². The van der Waals surface area contributed by atoms with Crippen LogP contribution in [-0.2, 0) is 14.2 Å². The number of ether oxygens (including phenoxy) is 3. The van der Waals surface area contributed by atoms with Gasteiger partial charge in [0.1, 0.15) is 17.3 Å². The second kappa shape index (κ2) is 13.4. The average molecular weight is 552 g/mol. The lowest BCUT2D eigenvalue weighted by molar-refractivity contribution is -0.0533. The standard InChI is InChI=1S/C31H45N5O4/c1-20-7-5-8-23(17-20)27-10-6-9-25(40-27)18-32-30-21(2)29(33-22(3)34-30)31(37)36-14-11-24(12-15-36)35-26-13-16-39-19-28(26)38-4/h5,7-8,17,24-28,35H,6,9-16,18-19H2,1-4H3,(H,32,33,34)/t25?,26-,27-,28+/m0/s1. The van der Waals surface area contributed by atoms with E-state index in [4.69, 9.17) is 14.2 Å². The molecule has 3 aliphatic heterocycles. The van der Waals surface area contributed by atoms with Crippen molar-refractivity contribution in [3.05, 3.63) is 52.5 Å². The summed E-state index contributed by atoms with van der Waals surface area (Å²) in [6, 6.07) is 9.26. The molecule has 5 rings (SSSR count). The molecule has 0 aliphatic carbocycles. The molecule has 0 spiro atoms. The zero-order chi connectivity index (χ0) is 28.1. The molecule has 2 aromatic rings. The quantitative estimate of drug-likeness (QED) is 0.506. The number of likely N-dealkylation sites (tertiary alicyclic amines) is 1. The van der Waals surface area contributed by atoms with E-state index in [-0.39, 0.29) is 24.2 Å². The maximum absolute atomic E-state index is 13.6. The van der Waals surface area contributed by atoms with E-state index in [0.717, 1.165) is 56.5 Å². The summed E-state index contributed by atoms with van der Waals surface area (Å²) in [5.41, 5.74) is 3.79. The highest BCUT2D eigenvalue weighted by Gasteiger charge is 2.31. The van der Waals surface area contributed by atoms with Crippen LogP contribution in [0.15, 0.2) is 24.3 Å². The van der Waals surface area contributed by atoms with Crippen LogP contribution in [0.4, 0.5) is 5.82 Å². The van der Waals surface area contributed by atoms with Crippen molar-refractivity contribution in [2.24, 2.45) is 0 Å². The number of hydrogen-bond acceptors (Lipinski definition) is 8. The van der Waals surface area contributed by atoms with E-state index in [9.17, 15) is 4.79 Å². The van der Waals surface area contributed by atoms with Gasteiger partial charge in [0.05, 0.1) is 24.9 Å². The molecule has 40 heavy (non-hydrogen) atoms. The van der Waals surface area contributed by atoms with E-state index in [2.05, 4.69) is 51.8 Å². The lowest BCUT2D eigenvalue weighted by Gasteiger charge is -2.38.